The summed E-state index contributed by atoms with van der Waals surface area (Å²) in [7, 11) is 0. The average molecular weight is 303 g/mol. The maximum absolute atomic E-state index is 12.3. The van der Waals surface area contributed by atoms with Crippen LogP contribution in [0.1, 0.15) is 31.1 Å². The summed E-state index contributed by atoms with van der Waals surface area (Å²) in [4.78, 5) is 40.2. The molecule has 1 aliphatic heterocycles. The molecule has 0 fully saturated rings. The Morgan fingerprint density at radius 1 is 1.14 bits per heavy atom. The van der Waals surface area contributed by atoms with Gasteiger partial charge in [0.05, 0.1) is 27.4 Å². The van der Waals surface area contributed by atoms with E-state index < -0.39 is 17.8 Å². The number of carboxylic acids is 1. The first kappa shape index (κ1) is 13.3. The van der Waals surface area contributed by atoms with E-state index in [1.54, 1.807) is 0 Å². The zero-order chi connectivity index (χ0) is 15.1. The van der Waals surface area contributed by atoms with Crippen LogP contribution in [0.25, 0.3) is 0 Å². The fourth-order valence-electron chi connectivity index (χ4n) is 2.12. The van der Waals surface area contributed by atoms with Crippen LogP contribution in [0.3, 0.4) is 0 Å². The molecular weight excluding hydrogens is 296 g/mol. The Morgan fingerprint density at radius 3 is 2.48 bits per heavy atom. The number of benzene rings is 1. The predicted molar refractivity (Wildman–Crippen MR) is 73.8 cm³/mol. The Labute approximate surface area is 123 Å². The molecule has 21 heavy (non-hydrogen) atoms. The highest BCUT2D eigenvalue weighted by Crippen LogP contribution is 2.33. The van der Waals surface area contributed by atoms with Gasteiger partial charge in [-0.2, -0.15) is 0 Å². The molecule has 2 aromatic rings. The minimum absolute atomic E-state index is 0.0114. The third-order valence-electron chi connectivity index (χ3n) is 3.12. The van der Waals surface area contributed by atoms with E-state index in [1.165, 1.54) is 36.7 Å². The van der Waals surface area contributed by atoms with Gasteiger partial charge in [-0.3, -0.25) is 14.6 Å². The summed E-state index contributed by atoms with van der Waals surface area (Å²) < 4.78 is 0. The minimum Gasteiger partial charge on any atom is -0.478 e. The second kappa shape index (κ2) is 4.68. The summed E-state index contributed by atoms with van der Waals surface area (Å²) in [6.07, 6.45) is 2.73. The molecule has 3 rings (SSSR count). The highest BCUT2D eigenvalue weighted by atomic mass is 35.5. The van der Waals surface area contributed by atoms with Crippen LogP contribution in [0.15, 0.2) is 36.7 Å². The summed E-state index contributed by atoms with van der Waals surface area (Å²) >= 11 is 6.00. The quantitative estimate of drug-likeness (QED) is 0.860. The lowest BCUT2D eigenvalue weighted by Gasteiger charge is -2.15. The highest BCUT2D eigenvalue weighted by molar-refractivity contribution is 6.39. The first-order valence-corrected chi connectivity index (χ1v) is 6.24. The minimum atomic E-state index is -1.14. The van der Waals surface area contributed by atoms with Crippen LogP contribution in [-0.4, -0.2) is 27.9 Å². The maximum Gasteiger partial charge on any atom is 0.335 e. The summed E-state index contributed by atoms with van der Waals surface area (Å²) in [5.74, 6) is -2.19. The Bertz CT molecular complexity index is 768. The number of nitrogens with zero attached hydrogens (tertiary/aromatic N) is 2. The van der Waals surface area contributed by atoms with E-state index in [4.69, 9.17) is 16.7 Å². The molecule has 0 aliphatic carbocycles. The second-order valence-corrected chi connectivity index (χ2v) is 4.75. The van der Waals surface area contributed by atoms with Crippen LogP contribution in [0.2, 0.25) is 5.02 Å². The average Bonchev–Trinajstić information content (AvgIpc) is 2.72. The molecule has 7 heteroatoms. The molecule has 1 aliphatic rings. The van der Waals surface area contributed by atoms with Gasteiger partial charge < -0.3 is 5.11 Å². The molecule has 2 heterocycles. The number of halogens is 1. The number of carbonyl (C=O) groups is 3. The van der Waals surface area contributed by atoms with Crippen LogP contribution < -0.4 is 4.90 Å². The largest absolute Gasteiger partial charge is 0.478 e. The SMILES string of the molecule is O=C(O)c1ccc(N2C(=O)c3ccncc3C2=O)c(Cl)c1. The van der Waals surface area contributed by atoms with Crippen molar-refractivity contribution >= 4 is 35.1 Å². The van der Waals surface area contributed by atoms with Gasteiger partial charge >= 0.3 is 5.97 Å². The zero-order valence-corrected chi connectivity index (χ0v) is 11.2. The van der Waals surface area contributed by atoms with Crippen molar-refractivity contribution in [3.8, 4) is 0 Å². The number of pyridine rings is 1. The number of carbonyl (C=O) groups excluding carboxylic acids is 2. The maximum atomic E-state index is 12.3. The molecular formula is C14H7ClN2O4. The molecule has 0 atom stereocenters. The number of hydrogen-bond donors (Lipinski definition) is 1. The lowest BCUT2D eigenvalue weighted by Crippen LogP contribution is -2.29. The number of carboxylic acid groups (broad SMARTS) is 1. The van der Waals surface area contributed by atoms with Crippen molar-refractivity contribution in [3.05, 3.63) is 58.4 Å². The van der Waals surface area contributed by atoms with Crippen LogP contribution in [0, 0.1) is 0 Å². The number of aromatic carboxylic acids is 1. The van der Waals surface area contributed by atoms with Gasteiger partial charge in [-0.25, -0.2) is 9.69 Å². The van der Waals surface area contributed by atoms with Crippen LogP contribution in [0.4, 0.5) is 5.69 Å². The van der Waals surface area contributed by atoms with Gasteiger partial charge in [0.1, 0.15) is 0 Å². The number of rotatable bonds is 2. The Balaban J connectivity index is 2.09. The fourth-order valence-corrected chi connectivity index (χ4v) is 2.39. The van der Waals surface area contributed by atoms with Crippen molar-refractivity contribution in [3.63, 3.8) is 0 Å². The molecule has 0 spiro atoms. The number of fused-ring (bicyclic) bond motifs is 1. The molecule has 104 valence electrons. The van der Waals surface area contributed by atoms with Crippen LogP contribution in [-0.2, 0) is 0 Å². The monoisotopic (exact) mass is 302 g/mol. The highest BCUT2D eigenvalue weighted by Gasteiger charge is 2.37. The van der Waals surface area contributed by atoms with Gasteiger partial charge in [0, 0.05) is 12.4 Å². The van der Waals surface area contributed by atoms with Crippen molar-refractivity contribution in [2.24, 2.45) is 0 Å². The third-order valence-corrected chi connectivity index (χ3v) is 3.43. The van der Waals surface area contributed by atoms with Gasteiger partial charge in [0.2, 0.25) is 0 Å². The van der Waals surface area contributed by atoms with Crippen LogP contribution in [0.5, 0.6) is 0 Å². The fraction of sp³-hybridized carbons (Fsp3) is 0. The van der Waals surface area contributed by atoms with Crippen molar-refractivity contribution in [2.45, 2.75) is 0 Å². The lowest BCUT2D eigenvalue weighted by atomic mass is 10.2. The van der Waals surface area contributed by atoms with Gasteiger partial charge in [-0.05, 0) is 24.3 Å². The Hall–Kier alpha value is -2.73. The molecule has 1 N–H and O–H groups in total. The number of hydrogen-bond acceptors (Lipinski definition) is 4. The zero-order valence-electron chi connectivity index (χ0n) is 10.4. The normalized spacial score (nSPS) is 13.5. The van der Waals surface area contributed by atoms with Crippen molar-refractivity contribution in [1.29, 1.82) is 0 Å². The van der Waals surface area contributed by atoms with Gasteiger partial charge in [0.25, 0.3) is 11.8 Å². The topological polar surface area (TPSA) is 87.6 Å². The van der Waals surface area contributed by atoms with E-state index in [9.17, 15) is 14.4 Å². The molecule has 0 unspecified atom stereocenters. The smallest absolute Gasteiger partial charge is 0.335 e. The van der Waals surface area contributed by atoms with E-state index in [0.717, 1.165) is 4.90 Å². The first-order chi connectivity index (χ1) is 10.0. The van der Waals surface area contributed by atoms with E-state index in [-0.39, 0.29) is 27.4 Å². The molecule has 0 saturated carbocycles. The van der Waals surface area contributed by atoms with Gasteiger partial charge in [0.15, 0.2) is 0 Å². The van der Waals surface area contributed by atoms with Crippen molar-refractivity contribution in [1.82, 2.24) is 4.98 Å². The van der Waals surface area contributed by atoms with Gasteiger partial charge in [-0.15, -0.1) is 0 Å². The molecule has 0 bridgehead atoms. The van der Waals surface area contributed by atoms with E-state index in [2.05, 4.69) is 4.98 Å². The molecule has 1 aromatic carbocycles. The summed E-state index contributed by atoms with van der Waals surface area (Å²) in [6, 6.07) is 5.27. The molecule has 1 aromatic heterocycles. The van der Waals surface area contributed by atoms with E-state index >= 15 is 0 Å². The van der Waals surface area contributed by atoms with Crippen molar-refractivity contribution in [2.75, 3.05) is 4.90 Å². The second-order valence-electron chi connectivity index (χ2n) is 4.34. The summed E-state index contributed by atoms with van der Waals surface area (Å²) in [6.45, 7) is 0. The van der Waals surface area contributed by atoms with Gasteiger partial charge in [-0.1, -0.05) is 11.6 Å². The molecule has 0 radical (unpaired) electrons. The van der Waals surface area contributed by atoms with E-state index in [1.807, 2.05) is 0 Å². The summed E-state index contributed by atoms with van der Waals surface area (Å²) in [5.41, 5.74) is 0.559. The van der Waals surface area contributed by atoms with E-state index in [0.29, 0.717) is 0 Å². The lowest BCUT2D eigenvalue weighted by molar-refractivity contribution is 0.0696. The third kappa shape index (κ3) is 1.96. The van der Waals surface area contributed by atoms with Crippen molar-refractivity contribution < 1.29 is 19.5 Å². The number of aromatic nitrogens is 1. The number of anilines is 1. The number of imide groups is 1. The summed E-state index contributed by atoms with van der Waals surface area (Å²) in [5, 5.41) is 8.91. The Kier molecular flexibility index (Phi) is 2.95. The Morgan fingerprint density at radius 2 is 1.86 bits per heavy atom. The predicted octanol–water partition coefficient (Wildman–Crippen LogP) is 2.23. The first-order valence-electron chi connectivity index (χ1n) is 5.86. The molecule has 2 amide bonds. The number of amides is 2. The van der Waals surface area contributed by atoms with Crippen LogP contribution >= 0.6 is 11.6 Å². The molecule has 6 nitrogen and oxygen atoms in total. The standard InChI is InChI=1S/C14H7ClN2O4/c15-10-5-7(14(20)21)1-2-11(10)17-12(18)8-3-4-16-6-9(8)13(17)19/h1-6H,(H,20,21). The molecule has 0 saturated heterocycles.